The number of carbonyl (C=O) groups excluding carboxylic acids is 1. The van der Waals surface area contributed by atoms with Crippen LogP contribution in [0.2, 0.25) is 5.15 Å². The van der Waals surface area contributed by atoms with E-state index in [1.165, 1.54) is 37.5 Å². The van der Waals surface area contributed by atoms with Gasteiger partial charge in [0.1, 0.15) is 17.6 Å². The van der Waals surface area contributed by atoms with Crippen LogP contribution in [0.15, 0.2) is 35.4 Å². The molecule has 0 fully saturated rings. The minimum Gasteiger partial charge on any atom is -0.454 e. The molecule has 0 aliphatic rings. The van der Waals surface area contributed by atoms with Gasteiger partial charge in [-0.25, -0.2) is 22.9 Å². The number of nitrogens with zero attached hydrogens (tertiary/aromatic N) is 2. The number of imidazole rings is 1. The van der Waals surface area contributed by atoms with E-state index in [1.807, 2.05) is 0 Å². The maximum Gasteiger partial charge on any atom is 0.338 e. The molecule has 7 nitrogen and oxygen atoms in total. The smallest absolute Gasteiger partial charge is 0.338 e. The van der Waals surface area contributed by atoms with E-state index in [1.54, 1.807) is 11.6 Å². The number of carbonyl (C=O) groups is 1. The van der Waals surface area contributed by atoms with Crippen molar-refractivity contribution in [1.82, 2.24) is 14.3 Å². The van der Waals surface area contributed by atoms with Crippen molar-refractivity contribution in [1.29, 1.82) is 0 Å². The van der Waals surface area contributed by atoms with Crippen LogP contribution in [0.5, 0.6) is 0 Å². The largest absolute Gasteiger partial charge is 0.454 e. The molecule has 118 valence electrons. The molecule has 0 spiro atoms. The lowest BCUT2D eigenvalue weighted by atomic mass is 10.2. The van der Waals surface area contributed by atoms with Gasteiger partial charge in [-0.15, -0.1) is 0 Å². The third kappa shape index (κ3) is 3.46. The molecule has 0 radical (unpaired) electrons. The summed E-state index contributed by atoms with van der Waals surface area (Å²) in [5.41, 5.74) is 0.136. The molecule has 2 aromatic rings. The predicted molar refractivity (Wildman–Crippen MR) is 80.0 cm³/mol. The molecule has 0 bridgehead atoms. The normalized spacial score (nSPS) is 11.4. The molecular weight excluding hydrogens is 330 g/mol. The van der Waals surface area contributed by atoms with Crippen molar-refractivity contribution in [2.75, 3.05) is 7.05 Å². The van der Waals surface area contributed by atoms with Gasteiger partial charge in [-0.2, -0.15) is 0 Å². The number of ether oxygens (including phenoxy) is 1. The predicted octanol–water partition coefficient (Wildman–Crippen LogP) is 1.34. The lowest BCUT2D eigenvalue weighted by Crippen LogP contribution is -2.19. The molecule has 9 heteroatoms. The Bertz CT molecular complexity index is 801. The Morgan fingerprint density at radius 2 is 2.18 bits per heavy atom. The summed E-state index contributed by atoms with van der Waals surface area (Å²) in [7, 11) is -0.627. The summed E-state index contributed by atoms with van der Waals surface area (Å²) in [5, 5.41) is 0.424. The van der Waals surface area contributed by atoms with Crippen LogP contribution < -0.4 is 4.72 Å². The Labute approximate surface area is 132 Å². The molecular formula is C13H14ClN3O4S. The van der Waals surface area contributed by atoms with Crippen LogP contribution in [0.4, 0.5) is 0 Å². The molecule has 1 aromatic carbocycles. The SMILES string of the molecule is CNS(=O)(=O)c1cccc(C(=O)OCc2ncc(Cl)n2C)c1. The Morgan fingerprint density at radius 1 is 1.45 bits per heavy atom. The number of hydrogen-bond acceptors (Lipinski definition) is 5. The molecule has 0 unspecified atom stereocenters. The second-order valence-corrected chi connectivity index (χ2v) is 6.64. The van der Waals surface area contributed by atoms with E-state index in [4.69, 9.17) is 16.3 Å². The Kier molecular flexibility index (Phi) is 4.84. The lowest BCUT2D eigenvalue weighted by molar-refractivity contribution is 0.0459. The van der Waals surface area contributed by atoms with Crippen LogP contribution in [-0.2, 0) is 28.4 Å². The number of hydrogen-bond donors (Lipinski definition) is 1. The fraction of sp³-hybridized carbons (Fsp3) is 0.231. The van der Waals surface area contributed by atoms with Crippen molar-refractivity contribution in [2.24, 2.45) is 7.05 Å². The minimum absolute atomic E-state index is 0.00974. The van der Waals surface area contributed by atoms with Gasteiger partial charge < -0.3 is 9.30 Å². The standard InChI is InChI=1S/C13H14ClN3O4S/c1-15-22(19,20)10-5-3-4-9(6-10)13(18)21-8-12-16-7-11(14)17(12)2/h3-7,15H,8H2,1-2H3. The van der Waals surface area contributed by atoms with Gasteiger partial charge in [0.25, 0.3) is 0 Å². The molecule has 0 saturated carbocycles. The molecule has 1 aromatic heterocycles. The number of esters is 1. The van der Waals surface area contributed by atoms with E-state index in [-0.39, 0.29) is 17.1 Å². The molecule has 1 heterocycles. The van der Waals surface area contributed by atoms with Gasteiger partial charge >= 0.3 is 5.97 Å². The third-order valence-corrected chi connectivity index (χ3v) is 4.77. The quantitative estimate of drug-likeness (QED) is 0.827. The Morgan fingerprint density at radius 3 is 2.77 bits per heavy atom. The number of sulfonamides is 1. The number of benzene rings is 1. The summed E-state index contributed by atoms with van der Waals surface area (Å²) < 4.78 is 32.3. The highest BCUT2D eigenvalue weighted by Gasteiger charge is 2.16. The van der Waals surface area contributed by atoms with Crippen LogP contribution in [-0.4, -0.2) is 31.0 Å². The van der Waals surface area contributed by atoms with E-state index in [0.29, 0.717) is 11.0 Å². The first-order chi connectivity index (χ1) is 10.3. The maximum absolute atomic E-state index is 12.0. The van der Waals surface area contributed by atoms with E-state index in [9.17, 15) is 13.2 Å². The Balaban J connectivity index is 2.13. The summed E-state index contributed by atoms with van der Waals surface area (Å²) >= 11 is 5.83. The zero-order chi connectivity index (χ0) is 16.3. The highest BCUT2D eigenvalue weighted by atomic mass is 35.5. The number of halogens is 1. The second kappa shape index (κ2) is 6.47. The highest BCUT2D eigenvalue weighted by molar-refractivity contribution is 7.89. The van der Waals surface area contributed by atoms with E-state index in [0.717, 1.165) is 0 Å². The number of nitrogens with one attached hydrogen (secondary N) is 1. The zero-order valence-electron chi connectivity index (χ0n) is 11.9. The van der Waals surface area contributed by atoms with Gasteiger partial charge in [0.15, 0.2) is 0 Å². The summed E-state index contributed by atoms with van der Waals surface area (Å²) in [6.07, 6.45) is 1.45. The van der Waals surface area contributed by atoms with Crippen LogP contribution in [0, 0.1) is 0 Å². The first kappa shape index (κ1) is 16.5. The van der Waals surface area contributed by atoms with Crippen molar-refractivity contribution in [3.8, 4) is 0 Å². The average Bonchev–Trinajstić information content (AvgIpc) is 2.84. The van der Waals surface area contributed by atoms with Crippen LogP contribution in [0.3, 0.4) is 0 Å². The summed E-state index contributed by atoms with van der Waals surface area (Å²) in [6, 6.07) is 5.58. The van der Waals surface area contributed by atoms with Gasteiger partial charge in [0.2, 0.25) is 10.0 Å². The highest BCUT2D eigenvalue weighted by Crippen LogP contribution is 2.14. The van der Waals surface area contributed by atoms with Crippen LogP contribution in [0.25, 0.3) is 0 Å². The molecule has 0 amide bonds. The van der Waals surface area contributed by atoms with Gasteiger partial charge in [0.05, 0.1) is 16.7 Å². The fourth-order valence-electron chi connectivity index (χ4n) is 1.68. The van der Waals surface area contributed by atoms with E-state index in [2.05, 4.69) is 9.71 Å². The molecule has 0 aliphatic carbocycles. The minimum atomic E-state index is -3.62. The van der Waals surface area contributed by atoms with Crippen LogP contribution in [0.1, 0.15) is 16.2 Å². The summed E-state index contributed by atoms with van der Waals surface area (Å²) in [4.78, 5) is 16.0. The lowest BCUT2D eigenvalue weighted by Gasteiger charge is -2.07. The average molecular weight is 344 g/mol. The van der Waals surface area contributed by atoms with E-state index >= 15 is 0 Å². The summed E-state index contributed by atoms with van der Waals surface area (Å²) in [6.45, 7) is -0.0644. The van der Waals surface area contributed by atoms with Gasteiger partial charge in [-0.05, 0) is 25.2 Å². The van der Waals surface area contributed by atoms with Crippen LogP contribution >= 0.6 is 11.6 Å². The number of aromatic nitrogens is 2. The first-order valence-electron chi connectivity index (χ1n) is 6.22. The molecule has 1 N–H and O–H groups in total. The second-order valence-electron chi connectivity index (χ2n) is 4.37. The zero-order valence-corrected chi connectivity index (χ0v) is 13.5. The van der Waals surface area contributed by atoms with Crippen molar-refractivity contribution < 1.29 is 17.9 Å². The fourth-order valence-corrected chi connectivity index (χ4v) is 2.60. The Hall–Kier alpha value is -1.90. The van der Waals surface area contributed by atoms with Gasteiger partial charge in [-0.1, -0.05) is 17.7 Å². The van der Waals surface area contributed by atoms with Crippen molar-refractivity contribution in [3.63, 3.8) is 0 Å². The molecule has 2 rings (SSSR count). The monoisotopic (exact) mass is 343 g/mol. The third-order valence-electron chi connectivity index (χ3n) is 3.01. The van der Waals surface area contributed by atoms with E-state index < -0.39 is 16.0 Å². The molecule has 0 aliphatic heterocycles. The number of rotatable bonds is 5. The van der Waals surface area contributed by atoms with Crippen molar-refractivity contribution in [3.05, 3.63) is 47.0 Å². The van der Waals surface area contributed by atoms with Gasteiger partial charge in [-0.3, -0.25) is 0 Å². The maximum atomic E-state index is 12.0. The first-order valence-corrected chi connectivity index (χ1v) is 8.08. The summed E-state index contributed by atoms with van der Waals surface area (Å²) in [5.74, 6) is -0.162. The molecule has 0 saturated heterocycles. The van der Waals surface area contributed by atoms with Crippen molar-refractivity contribution in [2.45, 2.75) is 11.5 Å². The topological polar surface area (TPSA) is 90.3 Å². The molecule has 22 heavy (non-hydrogen) atoms. The molecule has 0 atom stereocenters. The van der Waals surface area contributed by atoms with Crippen molar-refractivity contribution >= 4 is 27.6 Å². The van der Waals surface area contributed by atoms with Gasteiger partial charge in [0, 0.05) is 7.05 Å².